The molecule has 0 unspecified atom stereocenters. The molecular formula is C15H22FNO2S. The molecule has 0 saturated heterocycles. The van der Waals surface area contributed by atoms with Gasteiger partial charge < -0.3 is 4.74 Å². The lowest BCUT2D eigenvalue weighted by Gasteiger charge is -2.25. The van der Waals surface area contributed by atoms with Gasteiger partial charge in [0.2, 0.25) is 0 Å². The van der Waals surface area contributed by atoms with Crippen LogP contribution in [0.2, 0.25) is 0 Å². The van der Waals surface area contributed by atoms with Crippen LogP contribution in [0.3, 0.4) is 0 Å². The first-order valence-electron chi connectivity index (χ1n) is 6.81. The summed E-state index contributed by atoms with van der Waals surface area (Å²) in [5, 5.41) is 0. The van der Waals surface area contributed by atoms with Crippen LogP contribution in [0.1, 0.15) is 20.8 Å². The Balaban J connectivity index is 2.39. The van der Waals surface area contributed by atoms with Gasteiger partial charge >= 0.3 is 5.97 Å². The van der Waals surface area contributed by atoms with Crippen molar-refractivity contribution in [3.63, 3.8) is 0 Å². The van der Waals surface area contributed by atoms with Gasteiger partial charge in [-0.2, -0.15) is 0 Å². The minimum absolute atomic E-state index is 0.187. The van der Waals surface area contributed by atoms with Gasteiger partial charge in [0, 0.05) is 23.2 Å². The van der Waals surface area contributed by atoms with E-state index in [1.54, 1.807) is 23.9 Å². The molecule has 0 radical (unpaired) electrons. The second-order valence-corrected chi connectivity index (χ2v) is 5.84. The second-order valence-electron chi connectivity index (χ2n) is 4.67. The molecule has 0 aliphatic heterocycles. The molecule has 0 heterocycles. The zero-order valence-electron chi connectivity index (χ0n) is 12.3. The fourth-order valence-electron chi connectivity index (χ4n) is 1.70. The van der Waals surface area contributed by atoms with Crippen molar-refractivity contribution in [2.24, 2.45) is 0 Å². The van der Waals surface area contributed by atoms with E-state index in [0.29, 0.717) is 13.2 Å². The summed E-state index contributed by atoms with van der Waals surface area (Å²) >= 11 is 1.65. The van der Waals surface area contributed by atoms with Crippen LogP contribution in [0, 0.1) is 5.82 Å². The summed E-state index contributed by atoms with van der Waals surface area (Å²) in [4.78, 5) is 14.6. The summed E-state index contributed by atoms with van der Waals surface area (Å²) in [5.41, 5.74) is 0. The standard InChI is InChI=1S/C15H22FNO2S/c1-4-19-15(18)11-17(12(2)3)9-10-20-14-7-5-13(16)6-8-14/h5-8,12H,4,9-11H2,1-3H3. The SMILES string of the molecule is CCOC(=O)CN(CCSc1ccc(F)cc1)C(C)C. The van der Waals surface area contributed by atoms with Crippen molar-refractivity contribution in [1.29, 1.82) is 0 Å². The fraction of sp³-hybridized carbons (Fsp3) is 0.533. The minimum atomic E-state index is -0.222. The number of benzene rings is 1. The Labute approximate surface area is 124 Å². The van der Waals surface area contributed by atoms with Crippen molar-refractivity contribution in [1.82, 2.24) is 4.90 Å². The number of hydrogen-bond acceptors (Lipinski definition) is 4. The first-order chi connectivity index (χ1) is 9.52. The van der Waals surface area contributed by atoms with E-state index in [9.17, 15) is 9.18 Å². The molecule has 0 aliphatic rings. The normalized spacial score (nSPS) is 11.1. The van der Waals surface area contributed by atoms with Gasteiger partial charge in [0.05, 0.1) is 13.2 Å². The van der Waals surface area contributed by atoms with E-state index >= 15 is 0 Å². The lowest BCUT2D eigenvalue weighted by atomic mass is 10.3. The minimum Gasteiger partial charge on any atom is -0.465 e. The molecule has 0 aromatic heterocycles. The largest absolute Gasteiger partial charge is 0.465 e. The van der Waals surface area contributed by atoms with Gasteiger partial charge in [-0.05, 0) is 45.0 Å². The molecule has 0 bridgehead atoms. The number of rotatable bonds is 8. The summed E-state index contributed by atoms with van der Waals surface area (Å²) in [6.45, 7) is 7.44. The highest BCUT2D eigenvalue weighted by atomic mass is 32.2. The quantitative estimate of drug-likeness (QED) is 0.544. The molecule has 1 aromatic rings. The van der Waals surface area contributed by atoms with Crippen LogP contribution in [0.4, 0.5) is 4.39 Å². The first-order valence-corrected chi connectivity index (χ1v) is 7.79. The summed E-state index contributed by atoms with van der Waals surface area (Å²) in [7, 11) is 0. The highest BCUT2D eigenvalue weighted by molar-refractivity contribution is 7.99. The predicted octanol–water partition coefficient (Wildman–Crippen LogP) is 3.19. The maximum absolute atomic E-state index is 12.8. The summed E-state index contributed by atoms with van der Waals surface area (Å²) < 4.78 is 17.8. The summed E-state index contributed by atoms with van der Waals surface area (Å²) in [5.74, 6) is 0.442. The molecule has 0 N–H and O–H groups in total. The molecule has 0 spiro atoms. The third kappa shape index (κ3) is 6.39. The highest BCUT2D eigenvalue weighted by Gasteiger charge is 2.14. The van der Waals surface area contributed by atoms with E-state index in [4.69, 9.17) is 4.74 Å². The Morgan fingerprint density at radius 3 is 2.55 bits per heavy atom. The van der Waals surface area contributed by atoms with Gasteiger partial charge in [0.25, 0.3) is 0 Å². The molecule has 20 heavy (non-hydrogen) atoms. The highest BCUT2D eigenvalue weighted by Crippen LogP contribution is 2.18. The number of thioether (sulfide) groups is 1. The maximum atomic E-state index is 12.8. The van der Waals surface area contributed by atoms with Crippen LogP contribution in [-0.2, 0) is 9.53 Å². The van der Waals surface area contributed by atoms with E-state index in [-0.39, 0.29) is 17.8 Å². The van der Waals surface area contributed by atoms with Crippen LogP contribution in [-0.4, -0.2) is 42.4 Å². The van der Waals surface area contributed by atoms with Crippen LogP contribution in [0.5, 0.6) is 0 Å². The Kier molecular flexibility index (Phi) is 7.62. The van der Waals surface area contributed by atoms with Gasteiger partial charge in [-0.3, -0.25) is 9.69 Å². The van der Waals surface area contributed by atoms with Crippen LogP contribution in [0.15, 0.2) is 29.2 Å². The van der Waals surface area contributed by atoms with Crippen LogP contribution < -0.4 is 0 Å². The number of hydrogen-bond donors (Lipinski definition) is 0. The van der Waals surface area contributed by atoms with Crippen LogP contribution >= 0.6 is 11.8 Å². The Hall–Kier alpha value is -1.07. The molecule has 0 saturated carbocycles. The predicted molar refractivity (Wildman–Crippen MR) is 80.5 cm³/mol. The number of halogens is 1. The van der Waals surface area contributed by atoms with Crippen molar-refractivity contribution >= 4 is 17.7 Å². The monoisotopic (exact) mass is 299 g/mol. The number of ether oxygens (including phenoxy) is 1. The number of carbonyl (C=O) groups excluding carboxylic acids is 1. The average molecular weight is 299 g/mol. The Bertz CT molecular complexity index is 409. The third-order valence-corrected chi connectivity index (χ3v) is 3.82. The molecule has 3 nitrogen and oxygen atoms in total. The third-order valence-electron chi connectivity index (χ3n) is 2.83. The molecule has 1 aromatic carbocycles. The molecule has 0 atom stereocenters. The first kappa shape index (κ1) is 17.0. The van der Waals surface area contributed by atoms with Crippen molar-refractivity contribution in [3.8, 4) is 0 Å². The fourth-order valence-corrected chi connectivity index (χ4v) is 2.59. The van der Waals surface area contributed by atoms with E-state index < -0.39 is 0 Å². The van der Waals surface area contributed by atoms with E-state index in [0.717, 1.165) is 17.2 Å². The smallest absolute Gasteiger partial charge is 0.320 e. The Morgan fingerprint density at radius 1 is 1.35 bits per heavy atom. The molecule has 5 heteroatoms. The number of carbonyl (C=O) groups is 1. The van der Waals surface area contributed by atoms with Crippen molar-refractivity contribution < 1.29 is 13.9 Å². The second kappa shape index (κ2) is 8.97. The zero-order chi connectivity index (χ0) is 15.0. The van der Waals surface area contributed by atoms with E-state index in [1.165, 1.54) is 12.1 Å². The summed E-state index contributed by atoms with van der Waals surface area (Å²) in [6.07, 6.45) is 0. The molecule has 0 aliphatic carbocycles. The van der Waals surface area contributed by atoms with E-state index in [1.807, 2.05) is 6.92 Å². The van der Waals surface area contributed by atoms with Gasteiger partial charge in [0.15, 0.2) is 0 Å². The van der Waals surface area contributed by atoms with Crippen LogP contribution in [0.25, 0.3) is 0 Å². The summed E-state index contributed by atoms with van der Waals surface area (Å²) in [6, 6.07) is 6.74. The van der Waals surface area contributed by atoms with Gasteiger partial charge in [-0.1, -0.05) is 0 Å². The molecule has 112 valence electrons. The lowest BCUT2D eigenvalue weighted by molar-refractivity contribution is -0.144. The molecular weight excluding hydrogens is 277 g/mol. The van der Waals surface area contributed by atoms with E-state index in [2.05, 4.69) is 18.7 Å². The van der Waals surface area contributed by atoms with Crippen molar-refractivity contribution in [2.75, 3.05) is 25.4 Å². The Morgan fingerprint density at radius 2 is 2.00 bits per heavy atom. The number of esters is 1. The average Bonchev–Trinajstić information content (AvgIpc) is 2.40. The number of nitrogens with zero attached hydrogens (tertiary/aromatic N) is 1. The van der Waals surface area contributed by atoms with Gasteiger partial charge in [0.1, 0.15) is 5.82 Å². The van der Waals surface area contributed by atoms with Gasteiger partial charge in [-0.25, -0.2) is 4.39 Å². The molecule has 1 rings (SSSR count). The molecule has 0 amide bonds. The molecule has 0 fully saturated rings. The lowest BCUT2D eigenvalue weighted by Crippen LogP contribution is -2.38. The van der Waals surface area contributed by atoms with Gasteiger partial charge in [-0.15, -0.1) is 11.8 Å². The zero-order valence-corrected chi connectivity index (χ0v) is 13.1. The van der Waals surface area contributed by atoms with Crippen molar-refractivity contribution in [3.05, 3.63) is 30.1 Å². The topological polar surface area (TPSA) is 29.5 Å². The maximum Gasteiger partial charge on any atom is 0.320 e. The van der Waals surface area contributed by atoms with Crippen molar-refractivity contribution in [2.45, 2.75) is 31.7 Å².